The summed E-state index contributed by atoms with van der Waals surface area (Å²) in [6.07, 6.45) is 5.53. The molecule has 0 aromatic carbocycles. The van der Waals surface area contributed by atoms with Gasteiger partial charge in [-0.05, 0) is 33.9 Å². The van der Waals surface area contributed by atoms with E-state index in [0.29, 0.717) is 6.42 Å². The number of nitrogens with zero attached hydrogens (tertiary/aromatic N) is 1. The lowest BCUT2D eigenvalue weighted by molar-refractivity contribution is -0.117. The first-order valence-corrected chi connectivity index (χ1v) is 5.37. The molecule has 0 heterocycles. The topological polar surface area (TPSA) is 20.3 Å². The highest BCUT2D eigenvalue weighted by molar-refractivity contribution is 6.20. The molecule has 0 saturated heterocycles. The van der Waals surface area contributed by atoms with E-state index in [0.717, 1.165) is 6.42 Å². The van der Waals surface area contributed by atoms with E-state index in [1.807, 2.05) is 26.0 Å². The Labute approximate surface area is 90.5 Å². The van der Waals surface area contributed by atoms with Gasteiger partial charge in [-0.3, -0.25) is 0 Å². The van der Waals surface area contributed by atoms with Crippen LogP contribution in [0.25, 0.3) is 0 Å². The molecule has 14 heavy (non-hydrogen) atoms. The van der Waals surface area contributed by atoms with Crippen molar-refractivity contribution in [2.45, 2.75) is 45.3 Å². The summed E-state index contributed by atoms with van der Waals surface area (Å²) in [6.45, 7) is 2.16. The summed E-state index contributed by atoms with van der Waals surface area (Å²) in [5.74, 6) is 0.191. The highest BCUT2D eigenvalue weighted by atomic mass is 16.1. The van der Waals surface area contributed by atoms with E-state index in [9.17, 15) is 4.79 Å². The maximum absolute atomic E-state index is 10.6. The Hall–Kier alpha value is -0.305. The van der Waals surface area contributed by atoms with Crippen molar-refractivity contribution in [3.8, 4) is 0 Å². The fourth-order valence-electron chi connectivity index (χ4n) is 0.851. The van der Waals surface area contributed by atoms with Gasteiger partial charge in [0.1, 0.15) is 5.78 Å². The van der Waals surface area contributed by atoms with Crippen LogP contribution in [-0.4, -0.2) is 39.7 Å². The normalized spacial score (nSPS) is 9.50. The summed E-state index contributed by atoms with van der Waals surface area (Å²) >= 11 is 0. The first kappa shape index (κ1) is 16.1. The van der Waals surface area contributed by atoms with Crippen LogP contribution < -0.4 is 0 Å². The molecular formula is C11H24BNO. The standard InChI is InChI=1S/C8H15BO.C3H9N/c1-2-3-4-5-6-8(10)7-9;1-4(2)3/h2-7H2,1H3;1-3H3. The number of unbranched alkanes of at least 4 members (excludes halogenated alkanes) is 3. The smallest absolute Gasteiger partial charge is 0.124 e. The lowest BCUT2D eigenvalue weighted by atomic mass is 9.97. The highest BCUT2D eigenvalue weighted by Crippen LogP contribution is 2.03. The zero-order chi connectivity index (χ0) is 11.4. The van der Waals surface area contributed by atoms with Gasteiger partial charge in [-0.1, -0.05) is 26.2 Å². The van der Waals surface area contributed by atoms with Gasteiger partial charge in [-0.15, -0.1) is 0 Å². The fraction of sp³-hybridized carbons (Fsp3) is 0.909. The summed E-state index contributed by atoms with van der Waals surface area (Å²) in [5.41, 5.74) is 0. The van der Waals surface area contributed by atoms with E-state index in [4.69, 9.17) is 7.85 Å². The predicted molar refractivity (Wildman–Crippen MR) is 63.9 cm³/mol. The summed E-state index contributed by atoms with van der Waals surface area (Å²) in [6, 6.07) is 0. The lowest BCUT2D eigenvalue weighted by Crippen LogP contribution is -1.99. The Balaban J connectivity index is 0. The van der Waals surface area contributed by atoms with Gasteiger partial charge in [0.15, 0.2) is 0 Å². The van der Waals surface area contributed by atoms with Gasteiger partial charge >= 0.3 is 0 Å². The zero-order valence-electron chi connectivity index (χ0n) is 10.2. The molecule has 0 atom stereocenters. The second kappa shape index (κ2) is 12.7. The summed E-state index contributed by atoms with van der Waals surface area (Å²) in [7, 11) is 11.1. The van der Waals surface area contributed by atoms with Crippen LogP contribution in [0.4, 0.5) is 0 Å². The average Bonchev–Trinajstić information content (AvgIpc) is 2.11. The number of hydrogen-bond donors (Lipinski definition) is 0. The zero-order valence-corrected chi connectivity index (χ0v) is 10.2. The van der Waals surface area contributed by atoms with E-state index in [2.05, 4.69) is 6.92 Å². The summed E-state index contributed by atoms with van der Waals surface area (Å²) in [4.78, 5) is 12.6. The van der Waals surface area contributed by atoms with Crippen molar-refractivity contribution in [1.29, 1.82) is 0 Å². The van der Waals surface area contributed by atoms with Gasteiger partial charge in [-0.25, -0.2) is 0 Å². The van der Waals surface area contributed by atoms with Crippen molar-refractivity contribution in [1.82, 2.24) is 4.90 Å². The monoisotopic (exact) mass is 197 g/mol. The van der Waals surface area contributed by atoms with Crippen molar-refractivity contribution < 1.29 is 4.79 Å². The van der Waals surface area contributed by atoms with Gasteiger partial charge < -0.3 is 9.69 Å². The third kappa shape index (κ3) is 22.6. The molecule has 0 amide bonds. The third-order valence-corrected chi connectivity index (χ3v) is 1.54. The molecule has 2 radical (unpaired) electrons. The van der Waals surface area contributed by atoms with Crippen molar-refractivity contribution in [3.63, 3.8) is 0 Å². The summed E-state index contributed by atoms with van der Waals surface area (Å²) < 4.78 is 0. The van der Waals surface area contributed by atoms with Crippen LogP contribution in [0.3, 0.4) is 0 Å². The Bertz CT molecular complexity index is 124. The minimum Gasteiger partial charge on any atom is -0.312 e. The molecule has 82 valence electrons. The molecule has 0 rings (SSSR count). The van der Waals surface area contributed by atoms with E-state index in [1.165, 1.54) is 19.3 Å². The van der Waals surface area contributed by atoms with Gasteiger partial charge in [0, 0.05) is 6.42 Å². The number of carbonyl (C=O) groups excluding carboxylic acids is 1. The molecule has 0 spiro atoms. The van der Waals surface area contributed by atoms with E-state index < -0.39 is 0 Å². The fourth-order valence-corrected chi connectivity index (χ4v) is 0.851. The summed E-state index contributed by atoms with van der Waals surface area (Å²) in [5, 5.41) is 0. The highest BCUT2D eigenvalue weighted by Gasteiger charge is 1.95. The lowest BCUT2D eigenvalue weighted by Gasteiger charge is -1.96. The minimum absolute atomic E-state index is 0.191. The Kier molecular flexibility index (Phi) is 14.6. The number of rotatable bonds is 6. The molecule has 0 N–H and O–H groups in total. The second-order valence-electron chi connectivity index (χ2n) is 3.90. The molecule has 3 heteroatoms. The molecule has 0 saturated carbocycles. The molecular weight excluding hydrogens is 173 g/mol. The van der Waals surface area contributed by atoms with E-state index in [1.54, 1.807) is 0 Å². The molecule has 0 unspecified atom stereocenters. The van der Waals surface area contributed by atoms with Crippen molar-refractivity contribution in [2.24, 2.45) is 0 Å². The molecule has 0 bridgehead atoms. The molecule has 2 nitrogen and oxygen atoms in total. The van der Waals surface area contributed by atoms with Crippen molar-refractivity contribution in [3.05, 3.63) is 0 Å². The van der Waals surface area contributed by atoms with Gasteiger partial charge in [-0.2, -0.15) is 0 Å². The van der Waals surface area contributed by atoms with Crippen LogP contribution >= 0.6 is 0 Å². The second-order valence-corrected chi connectivity index (χ2v) is 3.90. The maximum atomic E-state index is 10.6. The number of hydrogen-bond acceptors (Lipinski definition) is 2. The molecule has 0 aromatic heterocycles. The van der Waals surface area contributed by atoms with E-state index in [-0.39, 0.29) is 12.1 Å². The Morgan fingerprint density at radius 3 is 2.00 bits per heavy atom. The first-order valence-electron chi connectivity index (χ1n) is 5.37. The van der Waals surface area contributed by atoms with Gasteiger partial charge in [0.25, 0.3) is 0 Å². The van der Waals surface area contributed by atoms with Crippen LogP contribution in [-0.2, 0) is 4.79 Å². The SMILES string of the molecule is CN(C)C.[B]CC(=O)CCCCCC. The molecule has 0 aliphatic heterocycles. The largest absolute Gasteiger partial charge is 0.312 e. The average molecular weight is 197 g/mol. The predicted octanol–water partition coefficient (Wildman–Crippen LogP) is 2.29. The third-order valence-electron chi connectivity index (χ3n) is 1.54. The van der Waals surface area contributed by atoms with Crippen LogP contribution in [0.1, 0.15) is 39.0 Å². The van der Waals surface area contributed by atoms with Gasteiger partial charge in [0.2, 0.25) is 0 Å². The molecule has 0 aliphatic carbocycles. The molecule has 0 aliphatic rings. The number of ketones is 1. The Morgan fingerprint density at radius 2 is 1.64 bits per heavy atom. The minimum atomic E-state index is 0.191. The Morgan fingerprint density at radius 1 is 1.14 bits per heavy atom. The first-order chi connectivity index (χ1) is 6.54. The molecule has 0 fully saturated rings. The van der Waals surface area contributed by atoms with Crippen LogP contribution in [0.15, 0.2) is 0 Å². The van der Waals surface area contributed by atoms with E-state index >= 15 is 0 Å². The van der Waals surface area contributed by atoms with Gasteiger partial charge in [0.05, 0.1) is 7.85 Å². The van der Waals surface area contributed by atoms with Crippen molar-refractivity contribution >= 4 is 13.6 Å². The number of Topliss-reactive ketones (excluding diaryl/α,β-unsaturated/α-hetero) is 1. The van der Waals surface area contributed by atoms with Crippen LogP contribution in [0.2, 0.25) is 6.32 Å². The molecule has 0 aromatic rings. The number of carbonyl (C=O) groups is 1. The van der Waals surface area contributed by atoms with Crippen molar-refractivity contribution in [2.75, 3.05) is 21.1 Å². The van der Waals surface area contributed by atoms with Crippen LogP contribution in [0.5, 0.6) is 0 Å². The quantitative estimate of drug-likeness (QED) is 0.481. The van der Waals surface area contributed by atoms with Crippen LogP contribution in [0, 0.1) is 0 Å². The maximum Gasteiger partial charge on any atom is 0.124 e.